The summed E-state index contributed by atoms with van der Waals surface area (Å²) >= 11 is 0. The Morgan fingerprint density at radius 1 is 1.07 bits per heavy atom. The zero-order chi connectivity index (χ0) is 19.0. The first-order valence-electron chi connectivity index (χ1n) is 8.49. The zero-order valence-electron chi connectivity index (χ0n) is 14.4. The van der Waals surface area contributed by atoms with E-state index in [2.05, 4.69) is 5.10 Å². The number of carbonyl (C=O) groups is 1. The number of amides is 1. The molecule has 138 valence electrons. The average Bonchev–Trinajstić information content (AvgIpc) is 3.19. The van der Waals surface area contributed by atoms with E-state index in [1.165, 1.54) is 21.4 Å². The van der Waals surface area contributed by atoms with Crippen molar-refractivity contribution in [3.05, 3.63) is 72.6 Å². The van der Waals surface area contributed by atoms with Crippen LogP contribution in [0.4, 0.5) is 5.69 Å². The van der Waals surface area contributed by atoms with Crippen molar-refractivity contribution in [1.82, 2.24) is 9.78 Å². The average molecular weight is 382 g/mol. The van der Waals surface area contributed by atoms with Crippen LogP contribution < -0.4 is 10.0 Å². The first-order valence-corrected chi connectivity index (χ1v) is 9.93. The molecule has 1 aromatic heterocycles. The summed E-state index contributed by atoms with van der Waals surface area (Å²) in [5.41, 5.74) is 7.39. The summed E-state index contributed by atoms with van der Waals surface area (Å²) in [6.45, 7) is 0.184. The highest BCUT2D eigenvalue weighted by Crippen LogP contribution is 2.38. The van der Waals surface area contributed by atoms with Gasteiger partial charge in [-0.25, -0.2) is 13.1 Å². The summed E-state index contributed by atoms with van der Waals surface area (Å²) in [5, 5.41) is 4.18. The summed E-state index contributed by atoms with van der Waals surface area (Å²) in [4.78, 5) is 11.8. The van der Waals surface area contributed by atoms with Crippen LogP contribution in [-0.2, 0) is 14.8 Å². The largest absolute Gasteiger partial charge is 0.369 e. The third-order valence-electron chi connectivity index (χ3n) is 4.71. The molecular formula is C19H18N4O3S. The lowest BCUT2D eigenvalue weighted by Gasteiger charge is -2.33. The van der Waals surface area contributed by atoms with Crippen LogP contribution in [-0.4, -0.2) is 30.7 Å². The Balaban J connectivity index is 1.74. The summed E-state index contributed by atoms with van der Waals surface area (Å²) in [6, 6.07) is 16.3. The lowest BCUT2D eigenvalue weighted by Crippen LogP contribution is -2.39. The minimum atomic E-state index is -3.81. The molecule has 3 aromatic rings. The second-order valence-corrected chi connectivity index (χ2v) is 8.20. The lowest BCUT2D eigenvalue weighted by atomic mass is 9.90. The van der Waals surface area contributed by atoms with Crippen molar-refractivity contribution in [2.24, 2.45) is 5.73 Å². The highest BCUT2D eigenvalue weighted by Gasteiger charge is 2.35. The molecule has 1 amide bonds. The smallest absolute Gasteiger partial charge is 0.267 e. The molecule has 2 N–H and O–H groups in total. The predicted molar refractivity (Wildman–Crippen MR) is 101 cm³/mol. The van der Waals surface area contributed by atoms with E-state index >= 15 is 0 Å². The Labute approximate surface area is 157 Å². The van der Waals surface area contributed by atoms with Crippen LogP contribution in [0.1, 0.15) is 17.9 Å². The van der Waals surface area contributed by atoms with Gasteiger partial charge in [-0.2, -0.15) is 5.10 Å². The van der Waals surface area contributed by atoms with E-state index in [0.717, 1.165) is 5.69 Å². The third kappa shape index (κ3) is 2.97. The lowest BCUT2D eigenvalue weighted by molar-refractivity contribution is -0.119. The maximum Gasteiger partial charge on any atom is 0.267 e. The maximum absolute atomic E-state index is 13.2. The van der Waals surface area contributed by atoms with Crippen molar-refractivity contribution >= 4 is 21.6 Å². The molecule has 0 fully saturated rings. The Hall–Kier alpha value is -3.13. The summed E-state index contributed by atoms with van der Waals surface area (Å²) < 4.78 is 29.3. The van der Waals surface area contributed by atoms with E-state index in [1.54, 1.807) is 24.3 Å². The number of primary amides is 1. The molecule has 0 spiro atoms. The van der Waals surface area contributed by atoms with Crippen molar-refractivity contribution in [1.29, 1.82) is 0 Å². The molecule has 2 heterocycles. The highest BCUT2D eigenvalue weighted by molar-refractivity contribution is 7.92. The molecule has 0 saturated carbocycles. The molecule has 8 heteroatoms. The minimum absolute atomic E-state index is 0.0960. The second kappa shape index (κ2) is 6.55. The molecule has 1 aliphatic heterocycles. The topological polar surface area (TPSA) is 98.3 Å². The molecule has 1 unspecified atom stereocenters. The van der Waals surface area contributed by atoms with E-state index in [4.69, 9.17) is 5.73 Å². The van der Waals surface area contributed by atoms with Gasteiger partial charge in [-0.3, -0.25) is 9.10 Å². The van der Waals surface area contributed by atoms with Crippen LogP contribution >= 0.6 is 0 Å². The van der Waals surface area contributed by atoms with Crippen molar-refractivity contribution in [2.45, 2.75) is 17.2 Å². The Kier molecular flexibility index (Phi) is 4.19. The molecule has 4 rings (SSSR count). The monoisotopic (exact) mass is 382 g/mol. The number of fused-ring (bicyclic) bond motifs is 1. The first-order chi connectivity index (χ1) is 13.0. The quantitative estimate of drug-likeness (QED) is 0.746. The fourth-order valence-electron chi connectivity index (χ4n) is 3.37. The number of sulfonamides is 1. The van der Waals surface area contributed by atoms with Gasteiger partial charge >= 0.3 is 0 Å². The van der Waals surface area contributed by atoms with Gasteiger partial charge in [0.15, 0.2) is 0 Å². The molecule has 2 aromatic carbocycles. The first kappa shape index (κ1) is 17.3. The van der Waals surface area contributed by atoms with Gasteiger partial charge in [0, 0.05) is 6.54 Å². The molecule has 0 bridgehead atoms. The molecular weight excluding hydrogens is 364 g/mol. The van der Waals surface area contributed by atoms with Crippen molar-refractivity contribution < 1.29 is 13.2 Å². The van der Waals surface area contributed by atoms with Crippen LogP contribution in [0.5, 0.6) is 0 Å². The molecule has 1 atom stereocenters. The molecule has 7 nitrogen and oxygen atoms in total. The van der Waals surface area contributed by atoms with E-state index < -0.39 is 21.8 Å². The number of benzene rings is 2. The van der Waals surface area contributed by atoms with Crippen LogP contribution in [0.2, 0.25) is 0 Å². The summed E-state index contributed by atoms with van der Waals surface area (Å²) in [7, 11) is -3.81. The van der Waals surface area contributed by atoms with Crippen LogP contribution in [0.3, 0.4) is 0 Å². The third-order valence-corrected chi connectivity index (χ3v) is 6.48. The van der Waals surface area contributed by atoms with Gasteiger partial charge < -0.3 is 5.73 Å². The van der Waals surface area contributed by atoms with Crippen molar-refractivity contribution in [3.8, 4) is 5.69 Å². The predicted octanol–water partition coefficient (Wildman–Crippen LogP) is 2.04. The van der Waals surface area contributed by atoms with Gasteiger partial charge in [0.2, 0.25) is 5.91 Å². The van der Waals surface area contributed by atoms with E-state index in [9.17, 15) is 13.2 Å². The van der Waals surface area contributed by atoms with E-state index in [1.807, 2.05) is 30.3 Å². The maximum atomic E-state index is 13.2. The molecule has 0 saturated heterocycles. The minimum Gasteiger partial charge on any atom is -0.369 e. The van der Waals surface area contributed by atoms with Gasteiger partial charge in [0.05, 0.1) is 29.7 Å². The molecule has 27 heavy (non-hydrogen) atoms. The SMILES string of the molecule is NC(=O)C1CCN(S(=O)(=O)c2cnn(-c3ccccc3)c2)c2ccccc21. The second-order valence-electron chi connectivity index (χ2n) is 6.34. The Bertz CT molecular complexity index is 1090. The molecule has 1 aliphatic rings. The highest BCUT2D eigenvalue weighted by atomic mass is 32.2. The summed E-state index contributed by atoms with van der Waals surface area (Å²) in [5.74, 6) is -0.934. The number of carbonyl (C=O) groups excluding carboxylic acids is 1. The Morgan fingerprint density at radius 3 is 2.52 bits per heavy atom. The normalized spacial score (nSPS) is 16.7. The zero-order valence-corrected chi connectivity index (χ0v) is 15.2. The van der Waals surface area contributed by atoms with Gasteiger partial charge in [-0.15, -0.1) is 0 Å². The molecule has 0 aliphatic carbocycles. The number of aromatic nitrogens is 2. The number of rotatable bonds is 4. The number of hydrogen-bond donors (Lipinski definition) is 1. The van der Waals surface area contributed by atoms with Gasteiger partial charge in [0.25, 0.3) is 10.0 Å². The number of anilines is 1. The van der Waals surface area contributed by atoms with Crippen molar-refractivity contribution in [3.63, 3.8) is 0 Å². The van der Waals surface area contributed by atoms with Crippen molar-refractivity contribution in [2.75, 3.05) is 10.8 Å². The van der Waals surface area contributed by atoms with E-state index in [0.29, 0.717) is 17.7 Å². The van der Waals surface area contributed by atoms with Crippen LogP contribution in [0.25, 0.3) is 5.69 Å². The number of para-hydroxylation sites is 2. The van der Waals surface area contributed by atoms with Gasteiger partial charge in [-0.1, -0.05) is 36.4 Å². The standard InChI is InChI=1S/C19H18N4O3S/c20-19(24)17-10-11-23(18-9-5-4-8-16(17)18)27(25,26)15-12-21-22(13-15)14-6-2-1-3-7-14/h1-9,12-13,17H,10-11H2,(H2,20,24). The number of nitrogens with zero attached hydrogens (tertiary/aromatic N) is 3. The number of nitrogens with two attached hydrogens (primary N) is 1. The summed E-state index contributed by atoms with van der Waals surface area (Å²) in [6.07, 6.45) is 3.18. The Morgan fingerprint density at radius 2 is 1.78 bits per heavy atom. The van der Waals surface area contributed by atoms with Gasteiger partial charge in [0.1, 0.15) is 4.90 Å². The fourth-order valence-corrected chi connectivity index (χ4v) is 4.80. The number of hydrogen-bond acceptors (Lipinski definition) is 4. The van der Waals surface area contributed by atoms with E-state index in [-0.39, 0.29) is 11.4 Å². The molecule has 0 radical (unpaired) electrons. The fraction of sp³-hybridized carbons (Fsp3) is 0.158. The van der Waals surface area contributed by atoms with Crippen LogP contribution in [0.15, 0.2) is 71.9 Å². The van der Waals surface area contributed by atoms with Crippen LogP contribution in [0, 0.1) is 0 Å². The van der Waals surface area contributed by atoms with Gasteiger partial charge in [-0.05, 0) is 30.2 Å².